The summed E-state index contributed by atoms with van der Waals surface area (Å²) >= 11 is 0. The molecule has 0 amide bonds. The van der Waals surface area contributed by atoms with Gasteiger partial charge in [-0.15, -0.1) is 0 Å². The van der Waals surface area contributed by atoms with E-state index in [9.17, 15) is 0 Å². The molecule has 260 valence electrons. The fraction of sp³-hybridized carbons (Fsp3) is 0.0189. The molecule has 0 atom stereocenters. The van der Waals surface area contributed by atoms with Crippen LogP contribution in [-0.4, -0.2) is 0 Å². The summed E-state index contributed by atoms with van der Waals surface area (Å²) in [6, 6.07) is 74.0. The van der Waals surface area contributed by atoms with Gasteiger partial charge in [0, 0.05) is 33.4 Å². The number of para-hydroxylation sites is 1. The molecule has 0 saturated carbocycles. The van der Waals surface area contributed by atoms with Crippen LogP contribution in [0.3, 0.4) is 0 Å². The van der Waals surface area contributed by atoms with Crippen LogP contribution in [0.4, 0.5) is 17.1 Å². The van der Waals surface area contributed by atoms with Crippen molar-refractivity contribution in [3.05, 3.63) is 212 Å². The van der Waals surface area contributed by atoms with E-state index in [2.05, 4.69) is 218 Å². The molecule has 0 aliphatic rings. The molecular formula is C53H37NO. The van der Waals surface area contributed by atoms with Gasteiger partial charge < -0.3 is 9.32 Å². The quantitative estimate of drug-likeness (QED) is 0.164. The van der Waals surface area contributed by atoms with Gasteiger partial charge in [-0.2, -0.15) is 0 Å². The van der Waals surface area contributed by atoms with Gasteiger partial charge in [-0.3, -0.25) is 0 Å². The summed E-state index contributed by atoms with van der Waals surface area (Å²) < 4.78 is 6.44. The van der Waals surface area contributed by atoms with Crippen LogP contribution in [0.25, 0.3) is 77.2 Å². The minimum Gasteiger partial charge on any atom is -0.455 e. The topological polar surface area (TPSA) is 16.4 Å². The molecule has 2 heteroatoms. The Labute approximate surface area is 321 Å². The molecule has 1 aromatic heterocycles. The van der Waals surface area contributed by atoms with Crippen molar-refractivity contribution in [2.75, 3.05) is 4.90 Å². The fourth-order valence-electron chi connectivity index (χ4n) is 7.93. The number of nitrogens with zero attached hydrogens (tertiary/aromatic N) is 1. The monoisotopic (exact) mass is 703 g/mol. The van der Waals surface area contributed by atoms with Gasteiger partial charge in [-0.05, 0) is 105 Å². The summed E-state index contributed by atoms with van der Waals surface area (Å²) in [5, 5.41) is 4.83. The Morgan fingerprint density at radius 2 is 0.818 bits per heavy atom. The number of fused-ring (bicyclic) bond motifs is 4. The molecule has 0 aliphatic heterocycles. The second-order valence-electron chi connectivity index (χ2n) is 14.2. The first-order chi connectivity index (χ1) is 27.2. The standard InChI is InChI=1S/C53H37NO/c1-36-17-34-52-51(35-36)50-16-8-15-49(53(50)55-52)43-26-32-46(33-27-43)54(44-28-22-39(23-29-44)37-9-3-2-4-10-37)45-30-24-40(25-31-45)38-18-20-42(21-19-38)48-14-7-12-41-11-5-6-13-47(41)48/h2-35H,1H3. The largest absolute Gasteiger partial charge is 0.455 e. The summed E-state index contributed by atoms with van der Waals surface area (Å²) in [6.07, 6.45) is 0. The van der Waals surface area contributed by atoms with E-state index in [1.807, 2.05) is 0 Å². The molecule has 0 aliphatic carbocycles. The Kier molecular flexibility index (Phi) is 8.08. The summed E-state index contributed by atoms with van der Waals surface area (Å²) in [5.74, 6) is 0. The lowest BCUT2D eigenvalue weighted by atomic mass is 9.96. The fourth-order valence-corrected chi connectivity index (χ4v) is 7.93. The molecule has 0 saturated heterocycles. The minimum atomic E-state index is 0.916. The van der Waals surface area contributed by atoms with Crippen molar-refractivity contribution in [3.8, 4) is 44.5 Å². The average molecular weight is 704 g/mol. The number of anilines is 3. The summed E-state index contributed by atoms with van der Waals surface area (Å²) in [5.41, 5.74) is 15.8. The van der Waals surface area contributed by atoms with Crippen LogP contribution in [0.2, 0.25) is 0 Å². The van der Waals surface area contributed by atoms with Crippen molar-refractivity contribution in [1.82, 2.24) is 0 Å². The highest BCUT2D eigenvalue weighted by atomic mass is 16.3. The van der Waals surface area contributed by atoms with E-state index in [1.165, 1.54) is 49.7 Å². The molecule has 10 rings (SSSR count). The van der Waals surface area contributed by atoms with Crippen LogP contribution >= 0.6 is 0 Å². The molecule has 2 nitrogen and oxygen atoms in total. The van der Waals surface area contributed by atoms with Gasteiger partial charge >= 0.3 is 0 Å². The number of benzene rings is 9. The molecule has 0 N–H and O–H groups in total. The highest BCUT2D eigenvalue weighted by molar-refractivity contribution is 6.09. The van der Waals surface area contributed by atoms with E-state index >= 15 is 0 Å². The summed E-state index contributed by atoms with van der Waals surface area (Å²) in [4.78, 5) is 2.33. The van der Waals surface area contributed by atoms with E-state index in [0.29, 0.717) is 0 Å². The maximum absolute atomic E-state index is 6.44. The van der Waals surface area contributed by atoms with Crippen molar-refractivity contribution < 1.29 is 4.42 Å². The lowest BCUT2D eigenvalue weighted by molar-refractivity contribution is 0.670. The number of hydrogen-bond acceptors (Lipinski definition) is 2. The number of aryl methyl sites for hydroxylation is 1. The second kappa shape index (κ2) is 13.7. The number of hydrogen-bond donors (Lipinski definition) is 0. The third-order valence-electron chi connectivity index (χ3n) is 10.8. The Morgan fingerprint density at radius 3 is 1.49 bits per heavy atom. The van der Waals surface area contributed by atoms with Crippen LogP contribution < -0.4 is 4.90 Å². The zero-order valence-corrected chi connectivity index (χ0v) is 30.5. The highest BCUT2D eigenvalue weighted by Gasteiger charge is 2.16. The lowest BCUT2D eigenvalue weighted by Crippen LogP contribution is -2.09. The first-order valence-electron chi connectivity index (χ1n) is 18.8. The van der Waals surface area contributed by atoms with Crippen LogP contribution in [0.5, 0.6) is 0 Å². The van der Waals surface area contributed by atoms with E-state index in [4.69, 9.17) is 4.42 Å². The molecule has 10 aromatic rings. The molecule has 0 bridgehead atoms. The smallest absolute Gasteiger partial charge is 0.143 e. The molecule has 0 radical (unpaired) electrons. The van der Waals surface area contributed by atoms with Gasteiger partial charge in [-0.25, -0.2) is 0 Å². The zero-order valence-electron chi connectivity index (χ0n) is 30.5. The highest BCUT2D eigenvalue weighted by Crippen LogP contribution is 2.40. The maximum atomic E-state index is 6.44. The van der Waals surface area contributed by atoms with Crippen molar-refractivity contribution in [2.45, 2.75) is 6.92 Å². The van der Waals surface area contributed by atoms with Gasteiger partial charge in [0.05, 0.1) is 0 Å². The molecule has 55 heavy (non-hydrogen) atoms. The third-order valence-corrected chi connectivity index (χ3v) is 10.8. The predicted octanol–water partition coefficient (Wildman–Crippen LogP) is 15.2. The Bertz CT molecular complexity index is 2930. The van der Waals surface area contributed by atoms with Crippen LogP contribution in [0, 0.1) is 6.92 Å². The van der Waals surface area contributed by atoms with Crippen LogP contribution in [0.1, 0.15) is 5.56 Å². The van der Waals surface area contributed by atoms with Crippen molar-refractivity contribution in [1.29, 1.82) is 0 Å². The molecule has 1 heterocycles. The van der Waals surface area contributed by atoms with E-state index in [1.54, 1.807) is 0 Å². The van der Waals surface area contributed by atoms with Crippen LogP contribution in [-0.2, 0) is 0 Å². The summed E-state index contributed by atoms with van der Waals surface area (Å²) in [7, 11) is 0. The zero-order chi connectivity index (χ0) is 36.7. The van der Waals surface area contributed by atoms with Crippen molar-refractivity contribution in [3.63, 3.8) is 0 Å². The first-order valence-corrected chi connectivity index (χ1v) is 18.8. The van der Waals surface area contributed by atoms with Crippen LogP contribution in [0.15, 0.2) is 211 Å². The Hall–Kier alpha value is -7.16. The predicted molar refractivity (Wildman–Crippen MR) is 232 cm³/mol. The molecule has 0 unspecified atom stereocenters. The van der Waals surface area contributed by atoms with Crippen molar-refractivity contribution >= 4 is 49.8 Å². The van der Waals surface area contributed by atoms with Crippen molar-refractivity contribution in [2.24, 2.45) is 0 Å². The number of rotatable bonds is 7. The van der Waals surface area contributed by atoms with Gasteiger partial charge in [-0.1, -0.05) is 163 Å². The van der Waals surface area contributed by atoms with Gasteiger partial charge in [0.1, 0.15) is 11.2 Å². The minimum absolute atomic E-state index is 0.916. The SMILES string of the molecule is Cc1ccc2oc3c(-c4ccc(N(c5ccc(-c6ccccc6)cc5)c5ccc(-c6ccc(-c7cccc8ccccc78)cc6)cc5)cc4)cccc3c2c1. The average Bonchev–Trinajstić information content (AvgIpc) is 3.63. The third kappa shape index (κ3) is 6.04. The van der Waals surface area contributed by atoms with E-state index < -0.39 is 0 Å². The Morgan fingerprint density at radius 1 is 0.345 bits per heavy atom. The maximum Gasteiger partial charge on any atom is 0.143 e. The summed E-state index contributed by atoms with van der Waals surface area (Å²) in [6.45, 7) is 2.12. The van der Waals surface area contributed by atoms with Gasteiger partial charge in [0.15, 0.2) is 0 Å². The second-order valence-corrected chi connectivity index (χ2v) is 14.2. The van der Waals surface area contributed by atoms with Gasteiger partial charge in [0.2, 0.25) is 0 Å². The first kappa shape index (κ1) is 32.5. The Balaban J connectivity index is 0.999. The molecular weight excluding hydrogens is 667 g/mol. The van der Waals surface area contributed by atoms with E-state index in [0.717, 1.165) is 50.1 Å². The molecule has 0 fully saturated rings. The van der Waals surface area contributed by atoms with Gasteiger partial charge in [0.25, 0.3) is 0 Å². The molecule has 0 spiro atoms. The lowest BCUT2D eigenvalue weighted by Gasteiger charge is -2.26. The normalized spacial score (nSPS) is 11.4. The van der Waals surface area contributed by atoms with E-state index in [-0.39, 0.29) is 0 Å². The number of furan rings is 1. The molecule has 9 aromatic carbocycles.